The smallest absolute Gasteiger partial charge is 0.291 e. The van der Waals surface area contributed by atoms with Gasteiger partial charge in [0.2, 0.25) is 0 Å². The lowest BCUT2D eigenvalue weighted by Gasteiger charge is -2.35. The van der Waals surface area contributed by atoms with Crippen molar-refractivity contribution in [3.8, 4) is 0 Å². The van der Waals surface area contributed by atoms with Crippen LogP contribution in [0.15, 0.2) is 53.1 Å². The van der Waals surface area contributed by atoms with E-state index in [0.717, 1.165) is 43.3 Å². The van der Waals surface area contributed by atoms with E-state index in [1.807, 2.05) is 0 Å². The molecule has 1 aliphatic heterocycles. The van der Waals surface area contributed by atoms with Crippen LogP contribution in [-0.4, -0.2) is 37.1 Å². The number of nitrogens with zero attached hydrogens (tertiary/aromatic N) is 1. The van der Waals surface area contributed by atoms with Gasteiger partial charge in [0, 0.05) is 23.5 Å². The Hall–Kier alpha value is -2.41. The van der Waals surface area contributed by atoms with Crippen LogP contribution in [0.2, 0.25) is 0 Å². The fourth-order valence-corrected chi connectivity index (χ4v) is 4.70. The molecule has 6 heteroatoms. The van der Waals surface area contributed by atoms with Crippen molar-refractivity contribution in [2.45, 2.75) is 26.3 Å². The van der Waals surface area contributed by atoms with Gasteiger partial charge in [-0.25, -0.2) is 0 Å². The van der Waals surface area contributed by atoms with Crippen LogP contribution in [0.4, 0.5) is 5.00 Å². The minimum absolute atomic E-state index is 0.0722. The number of nitrogens with one attached hydrogen (secondary N) is 1. The zero-order valence-electron chi connectivity index (χ0n) is 16.8. The first-order valence-corrected chi connectivity index (χ1v) is 10.8. The molecule has 0 spiro atoms. The lowest BCUT2D eigenvalue weighted by molar-refractivity contribution is 0.0241. The largest absolute Gasteiger partial charge is 0.459 e. The fraction of sp³-hybridized carbons (Fsp3) is 0.348. The standard InChI is InChI=1S/C23H26N2O3S/c1-3-18-15-19(23(29-18)24-22(26)20-5-4-12-28-20)21(25-10-13-27-14-11-25)17-8-6-16(2)7-9-17/h4-9,12,15,21H,3,10-11,13-14H2,1-2H3,(H,24,26). The number of thiophene rings is 1. The van der Waals surface area contributed by atoms with Crippen LogP contribution in [0.25, 0.3) is 0 Å². The van der Waals surface area contributed by atoms with Gasteiger partial charge in [0.15, 0.2) is 5.76 Å². The zero-order chi connectivity index (χ0) is 20.2. The average Bonchev–Trinajstić information content (AvgIpc) is 3.41. The van der Waals surface area contributed by atoms with Gasteiger partial charge in [-0.15, -0.1) is 11.3 Å². The average molecular weight is 411 g/mol. The molecule has 1 N–H and O–H groups in total. The molecule has 3 heterocycles. The zero-order valence-corrected chi connectivity index (χ0v) is 17.6. The Morgan fingerprint density at radius 2 is 1.97 bits per heavy atom. The van der Waals surface area contributed by atoms with E-state index in [0.29, 0.717) is 5.76 Å². The Morgan fingerprint density at radius 1 is 1.21 bits per heavy atom. The Kier molecular flexibility index (Phi) is 6.13. The van der Waals surface area contributed by atoms with E-state index in [1.165, 1.54) is 22.3 Å². The molecular weight excluding hydrogens is 384 g/mol. The highest BCUT2D eigenvalue weighted by Gasteiger charge is 2.28. The molecule has 1 aliphatic rings. The highest BCUT2D eigenvalue weighted by molar-refractivity contribution is 7.16. The van der Waals surface area contributed by atoms with Gasteiger partial charge in [-0.2, -0.15) is 0 Å². The molecule has 1 unspecified atom stereocenters. The number of anilines is 1. The minimum Gasteiger partial charge on any atom is -0.459 e. The van der Waals surface area contributed by atoms with Crippen molar-refractivity contribution in [1.29, 1.82) is 0 Å². The summed E-state index contributed by atoms with van der Waals surface area (Å²) in [6.45, 7) is 7.41. The number of morpholine rings is 1. The third-order valence-corrected chi connectivity index (χ3v) is 6.44. The molecule has 0 saturated carbocycles. The summed E-state index contributed by atoms with van der Waals surface area (Å²) in [5.74, 6) is 0.103. The van der Waals surface area contributed by atoms with Gasteiger partial charge in [0.05, 0.1) is 25.5 Å². The van der Waals surface area contributed by atoms with Crippen LogP contribution in [0.1, 0.15) is 45.1 Å². The lowest BCUT2D eigenvalue weighted by atomic mass is 9.96. The number of aryl methyl sites for hydroxylation is 2. The van der Waals surface area contributed by atoms with E-state index in [9.17, 15) is 4.79 Å². The van der Waals surface area contributed by atoms with Crippen molar-refractivity contribution >= 4 is 22.2 Å². The maximum absolute atomic E-state index is 12.7. The second-order valence-corrected chi connectivity index (χ2v) is 8.38. The van der Waals surface area contributed by atoms with Crippen molar-refractivity contribution in [3.05, 3.63) is 76.1 Å². The second-order valence-electron chi connectivity index (χ2n) is 7.24. The van der Waals surface area contributed by atoms with E-state index >= 15 is 0 Å². The number of rotatable bonds is 6. The Morgan fingerprint density at radius 3 is 2.62 bits per heavy atom. The second kappa shape index (κ2) is 8.95. The maximum atomic E-state index is 12.7. The highest BCUT2D eigenvalue weighted by Crippen LogP contribution is 2.40. The molecule has 29 heavy (non-hydrogen) atoms. The third-order valence-electron chi connectivity index (χ3n) is 5.23. The van der Waals surface area contributed by atoms with Crippen molar-refractivity contribution in [2.75, 3.05) is 31.6 Å². The van der Waals surface area contributed by atoms with Gasteiger partial charge >= 0.3 is 0 Å². The molecule has 152 valence electrons. The third kappa shape index (κ3) is 4.45. The molecule has 0 aliphatic carbocycles. The SMILES string of the molecule is CCc1cc(C(c2ccc(C)cc2)N2CCOCC2)c(NC(=O)c2ccco2)s1. The van der Waals surface area contributed by atoms with Gasteiger partial charge in [-0.05, 0) is 37.1 Å². The topological polar surface area (TPSA) is 54.7 Å². The van der Waals surface area contributed by atoms with Crippen LogP contribution < -0.4 is 5.32 Å². The molecular formula is C23H26N2O3S. The first kappa shape index (κ1) is 19.9. The summed E-state index contributed by atoms with van der Waals surface area (Å²) in [4.78, 5) is 16.4. The number of furan rings is 1. The van der Waals surface area contributed by atoms with Crippen molar-refractivity contribution in [3.63, 3.8) is 0 Å². The van der Waals surface area contributed by atoms with Gasteiger partial charge in [-0.1, -0.05) is 36.8 Å². The molecule has 0 radical (unpaired) electrons. The van der Waals surface area contributed by atoms with Crippen LogP contribution in [-0.2, 0) is 11.2 Å². The molecule has 1 saturated heterocycles. The summed E-state index contributed by atoms with van der Waals surface area (Å²) in [6.07, 6.45) is 2.45. The number of carbonyl (C=O) groups excluding carboxylic acids is 1. The Bertz CT molecular complexity index is 941. The van der Waals surface area contributed by atoms with Gasteiger partial charge in [0.25, 0.3) is 5.91 Å². The maximum Gasteiger partial charge on any atom is 0.291 e. The summed E-state index contributed by atoms with van der Waals surface area (Å²) in [5.41, 5.74) is 3.60. The lowest BCUT2D eigenvalue weighted by Crippen LogP contribution is -2.39. The molecule has 5 nitrogen and oxygen atoms in total. The van der Waals surface area contributed by atoms with E-state index in [-0.39, 0.29) is 11.9 Å². The summed E-state index contributed by atoms with van der Waals surface area (Å²) >= 11 is 1.64. The van der Waals surface area contributed by atoms with Crippen LogP contribution >= 0.6 is 11.3 Å². The van der Waals surface area contributed by atoms with Gasteiger partial charge in [0.1, 0.15) is 5.00 Å². The summed E-state index contributed by atoms with van der Waals surface area (Å²) in [6, 6.07) is 14.4. The number of amides is 1. The number of hydrogen-bond donors (Lipinski definition) is 1. The van der Waals surface area contributed by atoms with Crippen LogP contribution in [0.5, 0.6) is 0 Å². The molecule has 1 amide bonds. The molecule has 3 aromatic rings. The molecule has 2 aromatic heterocycles. The normalized spacial score (nSPS) is 15.9. The van der Waals surface area contributed by atoms with E-state index in [2.05, 4.69) is 54.4 Å². The number of carbonyl (C=O) groups is 1. The van der Waals surface area contributed by atoms with E-state index in [4.69, 9.17) is 9.15 Å². The Balaban J connectivity index is 1.73. The minimum atomic E-state index is -0.217. The van der Waals surface area contributed by atoms with Crippen molar-refractivity contribution < 1.29 is 13.9 Å². The summed E-state index contributed by atoms with van der Waals surface area (Å²) in [7, 11) is 0. The van der Waals surface area contributed by atoms with Crippen LogP contribution in [0, 0.1) is 6.92 Å². The number of ether oxygens (including phenoxy) is 1. The van der Waals surface area contributed by atoms with Crippen LogP contribution in [0.3, 0.4) is 0 Å². The Labute approximate surface area is 175 Å². The monoisotopic (exact) mass is 410 g/mol. The van der Waals surface area contributed by atoms with E-state index < -0.39 is 0 Å². The predicted molar refractivity (Wildman–Crippen MR) is 116 cm³/mol. The fourth-order valence-electron chi connectivity index (χ4n) is 3.68. The first-order valence-electron chi connectivity index (χ1n) is 10.0. The summed E-state index contributed by atoms with van der Waals surface area (Å²) < 4.78 is 10.9. The molecule has 1 fully saturated rings. The predicted octanol–water partition coefficient (Wildman–Crippen LogP) is 4.89. The molecule has 4 rings (SSSR count). The molecule has 1 atom stereocenters. The number of benzene rings is 1. The van der Waals surface area contributed by atoms with Crippen molar-refractivity contribution in [2.24, 2.45) is 0 Å². The first-order chi connectivity index (χ1) is 14.2. The number of hydrogen-bond acceptors (Lipinski definition) is 5. The van der Waals surface area contributed by atoms with Gasteiger partial charge < -0.3 is 14.5 Å². The highest BCUT2D eigenvalue weighted by atomic mass is 32.1. The molecule has 1 aromatic carbocycles. The quantitative estimate of drug-likeness (QED) is 0.629. The van der Waals surface area contributed by atoms with E-state index in [1.54, 1.807) is 23.5 Å². The molecule has 0 bridgehead atoms. The van der Waals surface area contributed by atoms with Gasteiger partial charge in [-0.3, -0.25) is 9.69 Å². The van der Waals surface area contributed by atoms with Crippen molar-refractivity contribution in [1.82, 2.24) is 4.90 Å². The summed E-state index contributed by atoms with van der Waals surface area (Å²) in [5, 5.41) is 3.99.